The second-order valence-corrected chi connectivity index (χ2v) is 8.14. The monoisotopic (exact) mass is 322 g/mol. The van der Waals surface area contributed by atoms with Crippen molar-refractivity contribution in [3.8, 4) is 0 Å². The highest BCUT2D eigenvalue weighted by atomic mass is 16.6. The maximum atomic E-state index is 12.2. The molecular weight excluding hydrogens is 292 g/mol. The van der Waals surface area contributed by atoms with Gasteiger partial charge in [0, 0.05) is 26.2 Å². The maximum Gasteiger partial charge on any atom is 0.410 e. The van der Waals surface area contributed by atoms with Crippen molar-refractivity contribution < 1.29 is 9.53 Å². The lowest BCUT2D eigenvalue weighted by Gasteiger charge is -2.39. The lowest BCUT2D eigenvalue weighted by Crippen LogP contribution is -2.57. The number of carbonyl (C=O) groups is 1. The van der Waals surface area contributed by atoms with Crippen LogP contribution in [0.2, 0.25) is 0 Å². The Bertz CT molecular complexity index is 493. The molecule has 3 aliphatic rings. The number of ether oxygens (including phenoxy) is 1. The molecule has 0 radical (unpaired) electrons. The number of nitrogens with zero attached hydrogens (tertiary/aromatic N) is 3. The van der Waals surface area contributed by atoms with Gasteiger partial charge in [0.1, 0.15) is 5.60 Å². The zero-order valence-electron chi connectivity index (χ0n) is 14.9. The first-order valence-electron chi connectivity index (χ1n) is 8.85. The molecule has 1 saturated carbocycles. The molecule has 0 aromatic rings. The zero-order chi connectivity index (χ0) is 16.7. The average Bonchev–Trinajstić information content (AvgIpc) is 3.16. The highest BCUT2D eigenvalue weighted by Crippen LogP contribution is 2.47. The van der Waals surface area contributed by atoms with E-state index in [-0.39, 0.29) is 12.1 Å². The topological polar surface area (TPSA) is 57.2 Å². The molecule has 2 fully saturated rings. The van der Waals surface area contributed by atoms with E-state index < -0.39 is 5.60 Å². The smallest absolute Gasteiger partial charge is 0.410 e. The number of amides is 1. The van der Waals surface area contributed by atoms with Crippen LogP contribution in [0.5, 0.6) is 0 Å². The summed E-state index contributed by atoms with van der Waals surface area (Å²) >= 11 is 0. The van der Waals surface area contributed by atoms with E-state index in [9.17, 15) is 4.79 Å². The molecular formula is C17H30N4O2. The molecule has 1 amide bonds. The molecule has 1 N–H and O–H groups in total. The molecule has 0 aromatic heterocycles. The third-order valence-electron chi connectivity index (χ3n) is 5.19. The number of guanidine groups is 1. The molecule has 6 nitrogen and oxygen atoms in total. The molecule has 1 aliphatic carbocycles. The summed E-state index contributed by atoms with van der Waals surface area (Å²) < 4.78 is 5.48. The van der Waals surface area contributed by atoms with Gasteiger partial charge in [-0.05, 0) is 45.4 Å². The van der Waals surface area contributed by atoms with Gasteiger partial charge in [-0.25, -0.2) is 4.79 Å². The number of piperazine rings is 1. The van der Waals surface area contributed by atoms with Crippen LogP contribution in [0, 0.1) is 5.41 Å². The van der Waals surface area contributed by atoms with Crippen LogP contribution in [0.15, 0.2) is 4.99 Å². The Hall–Kier alpha value is -1.46. The molecule has 0 aromatic carbocycles. The van der Waals surface area contributed by atoms with Crippen molar-refractivity contribution in [3.63, 3.8) is 0 Å². The van der Waals surface area contributed by atoms with Gasteiger partial charge in [-0.2, -0.15) is 0 Å². The second-order valence-electron chi connectivity index (χ2n) is 8.14. The third-order valence-corrected chi connectivity index (χ3v) is 5.19. The summed E-state index contributed by atoms with van der Waals surface area (Å²) in [4.78, 5) is 21.0. The molecule has 23 heavy (non-hydrogen) atoms. The van der Waals surface area contributed by atoms with Gasteiger partial charge in [-0.1, -0.05) is 6.92 Å². The van der Waals surface area contributed by atoms with Crippen molar-refractivity contribution in [2.75, 3.05) is 32.7 Å². The van der Waals surface area contributed by atoms with Crippen molar-refractivity contribution in [2.45, 2.75) is 58.6 Å². The fourth-order valence-electron chi connectivity index (χ4n) is 3.32. The number of hydrogen-bond donors (Lipinski definition) is 1. The Morgan fingerprint density at radius 1 is 1.39 bits per heavy atom. The van der Waals surface area contributed by atoms with Gasteiger partial charge in [0.25, 0.3) is 0 Å². The van der Waals surface area contributed by atoms with Crippen molar-refractivity contribution in [2.24, 2.45) is 10.4 Å². The summed E-state index contributed by atoms with van der Waals surface area (Å²) in [6, 6.07) is 0.288. The number of hydrogen-bond acceptors (Lipinski definition) is 5. The van der Waals surface area contributed by atoms with Crippen LogP contribution in [-0.4, -0.2) is 66.2 Å². The number of nitrogens with one attached hydrogen (secondary N) is 1. The van der Waals surface area contributed by atoms with Crippen molar-refractivity contribution >= 4 is 12.1 Å². The molecule has 1 unspecified atom stereocenters. The summed E-state index contributed by atoms with van der Waals surface area (Å²) in [5.74, 6) is 1.03. The predicted molar refractivity (Wildman–Crippen MR) is 90.6 cm³/mol. The Morgan fingerprint density at radius 3 is 2.74 bits per heavy atom. The SMILES string of the molecule is CCC1(CNC2=NCC3CN(C(=O)OC(C)(C)C)CCN23)CC1. The summed E-state index contributed by atoms with van der Waals surface area (Å²) in [6.45, 7) is 12.0. The van der Waals surface area contributed by atoms with Crippen molar-refractivity contribution in [3.05, 3.63) is 0 Å². The fraction of sp³-hybridized carbons (Fsp3) is 0.882. The molecule has 0 spiro atoms. The van der Waals surface area contributed by atoms with E-state index >= 15 is 0 Å². The lowest BCUT2D eigenvalue weighted by atomic mass is 10.0. The van der Waals surface area contributed by atoms with Gasteiger partial charge < -0.3 is 19.9 Å². The number of aliphatic imine (C=N–C) groups is 1. The molecule has 1 saturated heterocycles. The van der Waals surface area contributed by atoms with Gasteiger partial charge in [0.2, 0.25) is 0 Å². The summed E-state index contributed by atoms with van der Waals surface area (Å²) in [5, 5.41) is 3.56. The molecule has 2 heterocycles. The van der Waals surface area contributed by atoms with Gasteiger partial charge in [0.05, 0.1) is 12.6 Å². The largest absolute Gasteiger partial charge is 0.444 e. The van der Waals surface area contributed by atoms with E-state index in [1.54, 1.807) is 0 Å². The number of fused-ring (bicyclic) bond motifs is 1. The average molecular weight is 322 g/mol. The first-order valence-corrected chi connectivity index (χ1v) is 8.85. The van der Waals surface area contributed by atoms with E-state index in [1.165, 1.54) is 19.3 Å². The summed E-state index contributed by atoms with van der Waals surface area (Å²) in [6.07, 6.45) is 3.70. The van der Waals surface area contributed by atoms with Gasteiger partial charge >= 0.3 is 6.09 Å². The minimum atomic E-state index is -0.439. The van der Waals surface area contributed by atoms with E-state index in [2.05, 4.69) is 22.1 Å². The Balaban J connectivity index is 1.50. The van der Waals surface area contributed by atoms with E-state index in [0.717, 1.165) is 25.6 Å². The normalized spacial score (nSPS) is 25.7. The number of rotatable bonds is 3. The van der Waals surface area contributed by atoms with Crippen LogP contribution in [0.3, 0.4) is 0 Å². The van der Waals surface area contributed by atoms with Crippen LogP contribution >= 0.6 is 0 Å². The maximum absolute atomic E-state index is 12.2. The molecule has 2 aliphatic heterocycles. The van der Waals surface area contributed by atoms with E-state index in [4.69, 9.17) is 4.74 Å². The molecule has 0 bridgehead atoms. The standard InChI is InChI=1S/C17H30N4O2/c1-5-17(6-7-17)12-19-14-18-10-13-11-20(8-9-21(13)14)15(22)23-16(2,3)4/h13H,5-12H2,1-4H3,(H,18,19). The van der Waals surface area contributed by atoms with Crippen LogP contribution < -0.4 is 5.32 Å². The molecule has 130 valence electrons. The summed E-state index contributed by atoms with van der Waals surface area (Å²) in [7, 11) is 0. The third kappa shape index (κ3) is 3.72. The van der Waals surface area contributed by atoms with Crippen LogP contribution in [0.4, 0.5) is 4.79 Å². The quantitative estimate of drug-likeness (QED) is 0.864. The predicted octanol–water partition coefficient (Wildman–Crippen LogP) is 2.06. The molecule has 1 atom stereocenters. The van der Waals surface area contributed by atoms with Gasteiger partial charge in [-0.3, -0.25) is 4.99 Å². The first kappa shape index (κ1) is 16.4. The Kier molecular flexibility index (Phi) is 4.19. The zero-order valence-corrected chi connectivity index (χ0v) is 14.9. The van der Waals surface area contributed by atoms with E-state index in [1.807, 2.05) is 25.7 Å². The van der Waals surface area contributed by atoms with Crippen LogP contribution in [0.25, 0.3) is 0 Å². The highest BCUT2D eigenvalue weighted by Gasteiger charge is 2.42. The highest BCUT2D eigenvalue weighted by molar-refractivity contribution is 5.82. The Labute approximate surface area is 139 Å². The fourth-order valence-corrected chi connectivity index (χ4v) is 3.32. The summed E-state index contributed by atoms with van der Waals surface area (Å²) in [5.41, 5.74) is 0.0742. The van der Waals surface area contributed by atoms with Crippen molar-refractivity contribution in [1.82, 2.24) is 15.1 Å². The molecule has 3 rings (SSSR count). The Morgan fingerprint density at radius 2 is 2.13 bits per heavy atom. The van der Waals surface area contributed by atoms with Gasteiger partial charge in [0.15, 0.2) is 5.96 Å². The lowest BCUT2D eigenvalue weighted by molar-refractivity contribution is 0.0137. The van der Waals surface area contributed by atoms with Crippen molar-refractivity contribution in [1.29, 1.82) is 0 Å². The van der Waals surface area contributed by atoms with Gasteiger partial charge in [-0.15, -0.1) is 0 Å². The van der Waals surface area contributed by atoms with Crippen LogP contribution in [0.1, 0.15) is 47.0 Å². The van der Waals surface area contributed by atoms with Crippen LogP contribution in [-0.2, 0) is 4.74 Å². The number of carbonyl (C=O) groups excluding carboxylic acids is 1. The minimum absolute atomic E-state index is 0.207. The minimum Gasteiger partial charge on any atom is -0.444 e. The molecule has 6 heteroatoms. The second kappa shape index (κ2) is 5.87. The first-order chi connectivity index (χ1) is 10.8. The van der Waals surface area contributed by atoms with E-state index in [0.29, 0.717) is 18.5 Å².